The van der Waals surface area contributed by atoms with Crippen molar-refractivity contribution in [2.24, 2.45) is 5.92 Å². The van der Waals surface area contributed by atoms with Gasteiger partial charge in [0.2, 0.25) is 0 Å². The molecule has 1 heterocycles. The largest absolute Gasteiger partial charge is 0.474 e. The minimum atomic E-state index is -1.35. The van der Waals surface area contributed by atoms with Crippen molar-refractivity contribution in [2.75, 3.05) is 32.7 Å². The highest BCUT2D eigenvalue weighted by atomic mass is 16.4. The van der Waals surface area contributed by atoms with Gasteiger partial charge in [0, 0.05) is 26.2 Å². The summed E-state index contributed by atoms with van der Waals surface area (Å²) in [6.45, 7) is 8.03. The molecular formula is C11H20N2O3. The van der Waals surface area contributed by atoms with Crippen molar-refractivity contribution in [1.29, 1.82) is 0 Å². The van der Waals surface area contributed by atoms with Gasteiger partial charge >= 0.3 is 11.9 Å². The molecule has 1 aliphatic heterocycles. The van der Waals surface area contributed by atoms with Crippen LogP contribution >= 0.6 is 0 Å². The number of nitrogens with zero attached hydrogens (tertiary/aromatic N) is 2. The van der Waals surface area contributed by atoms with E-state index in [2.05, 4.69) is 18.7 Å². The summed E-state index contributed by atoms with van der Waals surface area (Å²) in [5, 5.41) is 8.57. The Hall–Kier alpha value is -1.10. The number of hydrogen-bond acceptors (Lipinski definition) is 3. The third-order valence-electron chi connectivity index (χ3n) is 2.87. The Morgan fingerprint density at radius 3 is 2.19 bits per heavy atom. The van der Waals surface area contributed by atoms with E-state index in [1.165, 1.54) is 4.90 Å². The first-order chi connectivity index (χ1) is 7.50. The van der Waals surface area contributed by atoms with Crippen LogP contribution in [0.3, 0.4) is 0 Å². The van der Waals surface area contributed by atoms with Gasteiger partial charge in [-0.3, -0.25) is 9.69 Å². The van der Waals surface area contributed by atoms with Crippen molar-refractivity contribution in [3.8, 4) is 0 Å². The first kappa shape index (κ1) is 13.0. The zero-order valence-corrected chi connectivity index (χ0v) is 9.98. The maximum Gasteiger partial charge on any atom is 0.394 e. The lowest BCUT2D eigenvalue weighted by atomic mass is 10.1. The topological polar surface area (TPSA) is 60.9 Å². The van der Waals surface area contributed by atoms with Crippen LogP contribution in [0.2, 0.25) is 0 Å². The van der Waals surface area contributed by atoms with E-state index in [4.69, 9.17) is 5.11 Å². The number of aliphatic carboxylic acids is 1. The second kappa shape index (κ2) is 5.84. The summed E-state index contributed by atoms with van der Waals surface area (Å²) in [4.78, 5) is 25.4. The minimum absolute atomic E-state index is 0.531. The van der Waals surface area contributed by atoms with E-state index in [-0.39, 0.29) is 0 Å². The molecule has 1 N–H and O–H groups in total. The van der Waals surface area contributed by atoms with Gasteiger partial charge in [0.25, 0.3) is 0 Å². The molecule has 92 valence electrons. The van der Waals surface area contributed by atoms with Gasteiger partial charge in [0.05, 0.1) is 0 Å². The fourth-order valence-electron chi connectivity index (χ4n) is 1.75. The van der Waals surface area contributed by atoms with Gasteiger partial charge in [-0.2, -0.15) is 0 Å². The number of carbonyl (C=O) groups excluding carboxylic acids is 1. The Morgan fingerprint density at radius 1 is 1.19 bits per heavy atom. The second-order valence-electron chi connectivity index (χ2n) is 4.62. The van der Waals surface area contributed by atoms with Crippen LogP contribution in [-0.2, 0) is 9.59 Å². The number of carboxylic acid groups (broad SMARTS) is 1. The molecule has 0 bridgehead atoms. The summed E-state index contributed by atoms with van der Waals surface area (Å²) in [6, 6.07) is 0. The highest BCUT2D eigenvalue weighted by Gasteiger charge is 2.25. The number of hydrogen-bond donors (Lipinski definition) is 1. The van der Waals surface area contributed by atoms with Crippen LogP contribution in [-0.4, -0.2) is 59.5 Å². The molecule has 5 heteroatoms. The van der Waals surface area contributed by atoms with Gasteiger partial charge in [-0.1, -0.05) is 13.8 Å². The zero-order chi connectivity index (χ0) is 12.1. The van der Waals surface area contributed by atoms with Crippen LogP contribution < -0.4 is 0 Å². The molecule has 0 aromatic heterocycles. The third-order valence-corrected chi connectivity index (χ3v) is 2.87. The van der Waals surface area contributed by atoms with Gasteiger partial charge < -0.3 is 10.0 Å². The molecule has 1 saturated heterocycles. The van der Waals surface area contributed by atoms with Crippen molar-refractivity contribution < 1.29 is 14.7 Å². The van der Waals surface area contributed by atoms with Gasteiger partial charge in [0.15, 0.2) is 0 Å². The molecule has 0 aromatic carbocycles. The van der Waals surface area contributed by atoms with Crippen LogP contribution in [0.4, 0.5) is 0 Å². The summed E-state index contributed by atoms with van der Waals surface area (Å²) in [5.41, 5.74) is 0. The van der Waals surface area contributed by atoms with E-state index in [1.54, 1.807) is 0 Å². The summed E-state index contributed by atoms with van der Waals surface area (Å²) in [5.74, 6) is -1.45. The lowest BCUT2D eigenvalue weighted by Gasteiger charge is -2.34. The van der Waals surface area contributed by atoms with Crippen LogP contribution in [0.5, 0.6) is 0 Å². The van der Waals surface area contributed by atoms with Crippen LogP contribution in [0, 0.1) is 5.92 Å². The molecule has 1 rings (SSSR count). The average Bonchev–Trinajstić information content (AvgIpc) is 2.26. The lowest BCUT2D eigenvalue weighted by Crippen LogP contribution is -2.50. The normalized spacial score (nSPS) is 17.8. The van der Waals surface area contributed by atoms with E-state index in [0.717, 1.165) is 26.1 Å². The van der Waals surface area contributed by atoms with E-state index in [9.17, 15) is 9.59 Å². The highest BCUT2D eigenvalue weighted by molar-refractivity contribution is 6.31. The van der Waals surface area contributed by atoms with Crippen molar-refractivity contribution >= 4 is 11.9 Å². The van der Waals surface area contributed by atoms with E-state index < -0.39 is 11.9 Å². The predicted molar refractivity (Wildman–Crippen MR) is 60.1 cm³/mol. The molecule has 0 radical (unpaired) electrons. The maximum absolute atomic E-state index is 11.2. The van der Waals surface area contributed by atoms with Crippen LogP contribution in [0.15, 0.2) is 0 Å². The second-order valence-corrected chi connectivity index (χ2v) is 4.62. The maximum atomic E-state index is 11.2. The van der Waals surface area contributed by atoms with E-state index in [1.807, 2.05) is 0 Å². The number of rotatable bonds is 3. The van der Waals surface area contributed by atoms with Crippen LogP contribution in [0.1, 0.15) is 20.3 Å². The van der Waals surface area contributed by atoms with Gasteiger partial charge in [0.1, 0.15) is 0 Å². The Bertz CT molecular complexity index is 258. The number of carboxylic acids is 1. The quantitative estimate of drug-likeness (QED) is 0.704. The monoisotopic (exact) mass is 228 g/mol. The van der Waals surface area contributed by atoms with Crippen LogP contribution in [0.25, 0.3) is 0 Å². The van der Waals surface area contributed by atoms with Crippen molar-refractivity contribution in [3.05, 3.63) is 0 Å². The summed E-state index contributed by atoms with van der Waals surface area (Å²) < 4.78 is 0. The number of carbonyl (C=O) groups is 2. The van der Waals surface area contributed by atoms with E-state index in [0.29, 0.717) is 19.0 Å². The molecule has 0 unspecified atom stereocenters. The number of amides is 1. The Morgan fingerprint density at radius 2 is 1.75 bits per heavy atom. The predicted octanol–water partition coefficient (Wildman–Crippen LogP) is 0.261. The molecule has 0 atom stereocenters. The fraction of sp³-hybridized carbons (Fsp3) is 0.818. The molecule has 1 aliphatic rings. The molecular weight excluding hydrogens is 208 g/mol. The van der Waals surface area contributed by atoms with Gasteiger partial charge in [-0.05, 0) is 18.9 Å². The van der Waals surface area contributed by atoms with E-state index >= 15 is 0 Å². The Labute approximate surface area is 96.0 Å². The Kier molecular flexibility index (Phi) is 4.73. The fourth-order valence-corrected chi connectivity index (χ4v) is 1.75. The Balaban J connectivity index is 2.28. The number of piperazine rings is 1. The lowest BCUT2D eigenvalue weighted by molar-refractivity contribution is -0.156. The summed E-state index contributed by atoms with van der Waals surface area (Å²) in [7, 11) is 0. The van der Waals surface area contributed by atoms with Gasteiger partial charge in [-0.25, -0.2) is 4.79 Å². The van der Waals surface area contributed by atoms with Gasteiger partial charge in [-0.15, -0.1) is 0 Å². The standard InChI is InChI=1S/C11H20N2O3/c1-9(2)3-4-12-5-7-13(8-6-12)10(14)11(15)16/h9H,3-8H2,1-2H3,(H,15,16). The molecule has 1 amide bonds. The molecule has 0 saturated carbocycles. The minimum Gasteiger partial charge on any atom is -0.474 e. The molecule has 0 spiro atoms. The highest BCUT2D eigenvalue weighted by Crippen LogP contribution is 2.06. The van der Waals surface area contributed by atoms with Crippen molar-refractivity contribution in [3.63, 3.8) is 0 Å². The smallest absolute Gasteiger partial charge is 0.394 e. The first-order valence-corrected chi connectivity index (χ1v) is 5.75. The summed E-state index contributed by atoms with van der Waals surface area (Å²) in [6.07, 6.45) is 1.15. The first-order valence-electron chi connectivity index (χ1n) is 5.75. The third kappa shape index (κ3) is 3.81. The van der Waals surface area contributed by atoms with Crippen molar-refractivity contribution in [1.82, 2.24) is 9.80 Å². The average molecular weight is 228 g/mol. The summed E-state index contributed by atoms with van der Waals surface area (Å²) >= 11 is 0. The molecule has 5 nitrogen and oxygen atoms in total. The van der Waals surface area contributed by atoms with Crippen molar-refractivity contribution in [2.45, 2.75) is 20.3 Å². The SMILES string of the molecule is CC(C)CCN1CCN(C(=O)C(=O)O)CC1. The molecule has 0 aliphatic carbocycles. The molecule has 16 heavy (non-hydrogen) atoms. The molecule has 0 aromatic rings. The zero-order valence-electron chi connectivity index (χ0n) is 9.98. The molecule has 1 fully saturated rings.